The van der Waals surface area contributed by atoms with Crippen LogP contribution in [0.1, 0.15) is 66.4 Å². The molecule has 0 atom stereocenters. The van der Waals surface area contributed by atoms with Crippen molar-refractivity contribution in [3.05, 3.63) is 105 Å². The second-order valence-corrected chi connectivity index (χ2v) is 18.8. The number of alkyl carbamates (subject to hydrolysis) is 1. The molecule has 0 aliphatic heterocycles. The molecule has 0 radical (unpaired) electrons. The van der Waals surface area contributed by atoms with E-state index in [0.717, 1.165) is 46.6 Å². The summed E-state index contributed by atoms with van der Waals surface area (Å²) >= 11 is 3.64. The number of amides is 1. The Kier molecular flexibility index (Phi) is 11.5. The van der Waals surface area contributed by atoms with Crippen molar-refractivity contribution in [2.24, 2.45) is 0 Å². The number of halogens is 1. The average molecular weight is 692 g/mol. The molecular formula is C37H47BrN2O4Si. The molecule has 0 aliphatic carbocycles. The Labute approximate surface area is 277 Å². The molecule has 3 aromatic carbocycles. The van der Waals surface area contributed by atoms with E-state index in [1.807, 2.05) is 37.5 Å². The van der Waals surface area contributed by atoms with Crippen molar-refractivity contribution in [3.63, 3.8) is 0 Å². The van der Waals surface area contributed by atoms with Crippen LogP contribution in [-0.4, -0.2) is 37.7 Å². The topological polar surface area (TPSA) is 69.6 Å². The van der Waals surface area contributed by atoms with E-state index < -0.39 is 20.0 Å². The van der Waals surface area contributed by atoms with E-state index >= 15 is 0 Å². The third kappa shape index (κ3) is 8.75. The van der Waals surface area contributed by atoms with E-state index in [1.54, 1.807) is 6.07 Å². The predicted molar refractivity (Wildman–Crippen MR) is 191 cm³/mol. The van der Waals surface area contributed by atoms with Gasteiger partial charge in [0.1, 0.15) is 5.60 Å². The number of ether oxygens (including phenoxy) is 1. The SMILES string of the molecule is CC(C)(C)OC(=O)NCCCCn1c(=O)cc(CCCO[Si](c2ccccc2)(c2ccccc2)C(C)(C)C)c2cc(Br)ccc21. The molecule has 8 heteroatoms. The number of aryl methyl sites for hydroxylation is 2. The largest absolute Gasteiger partial charge is 0.444 e. The number of nitrogens with zero attached hydrogens (tertiary/aromatic N) is 1. The molecule has 45 heavy (non-hydrogen) atoms. The summed E-state index contributed by atoms with van der Waals surface area (Å²) in [6.07, 6.45) is 2.61. The Balaban J connectivity index is 1.49. The van der Waals surface area contributed by atoms with Crippen LogP contribution >= 0.6 is 15.9 Å². The van der Waals surface area contributed by atoms with E-state index in [-0.39, 0.29) is 10.6 Å². The van der Waals surface area contributed by atoms with Gasteiger partial charge in [-0.15, -0.1) is 0 Å². The highest BCUT2D eigenvalue weighted by molar-refractivity contribution is 9.10. The van der Waals surface area contributed by atoms with Gasteiger partial charge in [0.05, 0.1) is 5.52 Å². The number of aromatic nitrogens is 1. The first-order valence-corrected chi connectivity index (χ1v) is 18.6. The highest BCUT2D eigenvalue weighted by atomic mass is 79.9. The van der Waals surface area contributed by atoms with E-state index in [9.17, 15) is 9.59 Å². The summed E-state index contributed by atoms with van der Waals surface area (Å²) in [7, 11) is -2.62. The lowest BCUT2D eigenvalue weighted by Gasteiger charge is -2.43. The monoisotopic (exact) mass is 690 g/mol. The molecule has 0 aliphatic rings. The quantitative estimate of drug-likeness (QED) is 0.123. The van der Waals surface area contributed by atoms with Gasteiger partial charge in [-0.2, -0.15) is 0 Å². The zero-order chi connectivity index (χ0) is 32.7. The smallest absolute Gasteiger partial charge is 0.407 e. The molecule has 1 N–H and O–H groups in total. The molecule has 1 heterocycles. The fourth-order valence-electron chi connectivity index (χ4n) is 6.01. The second kappa shape index (κ2) is 14.9. The number of unbranched alkanes of at least 4 members (excludes halogenated alkanes) is 1. The molecule has 1 aromatic heterocycles. The first-order chi connectivity index (χ1) is 21.3. The molecule has 240 valence electrons. The van der Waals surface area contributed by atoms with Crippen molar-refractivity contribution in [1.82, 2.24) is 9.88 Å². The molecular weight excluding hydrogens is 644 g/mol. The van der Waals surface area contributed by atoms with Gasteiger partial charge in [0, 0.05) is 35.6 Å². The van der Waals surface area contributed by atoms with Gasteiger partial charge in [-0.25, -0.2) is 4.79 Å². The summed E-state index contributed by atoms with van der Waals surface area (Å²) in [6, 6.07) is 29.3. The summed E-state index contributed by atoms with van der Waals surface area (Å²) in [5.41, 5.74) is 1.42. The fraction of sp³-hybridized carbons (Fsp3) is 0.405. The zero-order valence-corrected chi connectivity index (χ0v) is 30.1. The van der Waals surface area contributed by atoms with Crippen LogP contribution in [0.4, 0.5) is 4.79 Å². The number of nitrogens with one attached hydrogen (secondary N) is 1. The summed E-state index contributed by atoms with van der Waals surface area (Å²) in [4.78, 5) is 25.3. The number of rotatable bonds is 12. The Morgan fingerprint density at radius 3 is 2.04 bits per heavy atom. The van der Waals surface area contributed by atoms with Gasteiger partial charge in [-0.05, 0) is 85.6 Å². The molecule has 1 amide bonds. The Morgan fingerprint density at radius 2 is 1.47 bits per heavy atom. The fourth-order valence-corrected chi connectivity index (χ4v) is 11.0. The number of carbonyl (C=O) groups is 1. The van der Waals surface area contributed by atoms with Gasteiger partial charge >= 0.3 is 6.09 Å². The second-order valence-electron chi connectivity index (χ2n) is 13.6. The maximum Gasteiger partial charge on any atom is 0.407 e. The summed E-state index contributed by atoms with van der Waals surface area (Å²) in [5.74, 6) is 0. The minimum absolute atomic E-state index is 0.00664. The van der Waals surface area contributed by atoms with Gasteiger partial charge in [0.25, 0.3) is 13.9 Å². The van der Waals surface area contributed by atoms with Crippen molar-refractivity contribution in [1.29, 1.82) is 0 Å². The van der Waals surface area contributed by atoms with Crippen molar-refractivity contribution in [2.45, 2.75) is 84.4 Å². The molecule has 4 aromatic rings. The maximum absolute atomic E-state index is 13.4. The van der Waals surface area contributed by atoms with Crippen molar-refractivity contribution < 1.29 is 14.0 Å². The molecule has 0 unspecified atom stereocenters. The summed E-state index contributed by atoms with van der Waals surface area (Å²) in [5, 5.41) is 6.31. The van der Waals surface area contributed by atoms with E-state index in [1.165, 1.54) is 10.4 Å². The highest BCUT2D eigenvalue weighted by Gasteiger charge is 2.49. The molecule has 0 spiro atoms. The molecule has 0 saturated heterocycles. The Bertz CT molecular complexity index is 1590. The minimum atomic E-state index is -2.62. The first-order valence-electron chi connectivity index (χ1n) is 15.9. The van der Waals surface area contributed by atoms with Gasteiger partial charge in [0.15, 0.2) is 0 Å². The predicted octanol–water partition coefficient (Wildman–Crippen LogP) is 7.58. The zero-order valence-electron chi connectivity index (χ0n) is 27.5. The van der Waals surface area contributed by atoms with Crippen LogP contribution < -0.4 is 21.2 Å². The van der Waals surface area contributed by atoms with Crippen molar-refractivity contribution >= 4 is 51.6 Å². The Morgan fingerprint density at radius 1 is 0.844 bits per heavy atom. The van der Waals surface area contributed by atoms with Crippen LogP contribution in [0.5, 0.6) is 0 Å². The van der Waals surface area contributed by atoms with Crippen LogP contribution in [0.25, 0.3) is 10.9 Å². The highest BCUT2D eigenvalue weighted by Crippen LogP contribution is 2.37. The van der Waals surface area contributed by atoms with Crippen LogP contribution in [0.15, 0.2) is 94.2 Å². The molecule has 0 bridgehead atoms. The third-order valence-electron chi connectivity index (χ3n) is 7.96. The molecule has 0 fully saturated rings. The minimum Gasteiger partial charge on any atom is -0.444 e. The first kappa shape index (κ1) is 34.7. The Hall–Kier alpha value is -3.20. The van der Waals surface area contributed by atoms with E-state index in [4.69, 9.17) is 9.16 Å². The van der Waals surface area contributed by atoms with Gasteiger partial charge in [-0.3, -0.25) is 4.79 Å². The normalized spacial score (nSPS) is 12.3. The van der Waals surface area contributed by atoms with Crippen LogP contribution in [0, 0.1) is 0 Å². The van der Waals surface area contributed by atoms with Gasteiger partial charge in [-0.1, -0.05) is 97.4 Å². The average Bonchev–Trinajstić information content (AvgIpc) is 2.97. The van der Waals surface area contributed by atoms with Crippen LogP contribution in [-0.2, 0) is 22.1 Å². The number of hydrogen-bond acceptors (Lipinski definition) is 4. The number of hydrogen-bond donors (Lipinski definition) is 1. The lowest BCUT2D eigenvalue weighted by molar-refractivity contribution is 0.0527. The number of benzene rings is 3. The lowest BCUT2D eigenvalue weighted by atomic mass is 10.0. The van der Waals surface area contributed by atoms with E-state index in [2.05, 4.69) is 109 Å². The van der Waals surface area contributed by atoms with Crippen LogP contribution in [0.2, 0.25) is 5.04 Å². The standard InChI is InChI=1S/C37H47BrN2O4Si/c1-36(2,3)44-35(42)39-23-13-14-24-40-33-22-21-29(38)27-32(33)28(26-34(40)41)16-15-25-43-45(37(4,5)6,30-17-9-7-10-18-30)31-19-11-8-12-20-31/h7-12,17-22,26-27H,13-16,23-25H2,1-6H3,(H,39,42). The van der Waals surface area contributed by atoms with Gasteiger partial charge in [0.2, 0.25) is 0 Å². The third-order valence-corrected chi connectivity index (χ3v) is 13.5. The van der Waals surface area contributed by atoms with E-state index in [0.29, 0.717) is 19.7 Å². The van der Waals surface area contributed by atoms with Crippen molar-refractivity contribution in [3.8, 4) is 0 Å². The number of carbonyl (C=O) groups excluding carboxylic acids is 1. The lowest BCUT2D eigenvalue weighted by Crippen LogP contribution is -2.66. The summed E-state index contributed by atoms with van der Waals surface area (Å²) < 4.78 is 15.2. The maximum atomic E-state index is 13.4. The van der Waals surface area contributed by atoms with Gasteiger partial charge < -0.3 is 19.0 Å². The molecule has 0 saturated carbocycles. The molecule has 6 nitrogen and oxygen atoms in total. The van der Waals surface area contributed by atoms with Crippen molar-refractivity contribution in [2.75, 3.05) is 13.2 Å². The van der Waals surface area contributed by atoms with Crippen LogP contribution in [0.3, 0.4) is 0 Å². The number of fused-ring (bicyclic) bond motifs is 1. The number of pyridine rings is 1. The summed E-state index contributed by atoms with van der Waals surface area (Å²) in [6.45, 7) is 14.1. The molecule has 4 rings (SSSR count).